The third kappa shape index (κ3) is 3.52. The van der Waals surface area contributed by atoms with Crippen LogP contribution in [-0.4, -0.2) is 21.9 Å². The Morgan fingerprint density at radius 1 is 1.41 bits per heavy atom. The fraction of sp³-hybridized carbons (Fsp3) is 0.143. The summed E-state index contributed by atoms with van der Waals surface area (Å²) in [6.07, 6.45) is 3.80. The highest BCUT2D eigenvalue weighted by Crippen LogP contribution is 2.27. The van der Waals surface area contributed by atoms with Crippen molar-refractivity contribution in [2.45, 2.75) is 6.54 Å². The van der Waals surface area contributed by atoms with Gasteiger partial charge in [-0.15, -0.1) is 11.3 Å². The average Bonchev–Trinajstić information content (AvgIpc) is 3.07. The van der Waals surface area contributed by atoms with Crippen LogP contribution in [0, 0.1) is 0 Å². The Balaban J connectivity index is 1.52. The first-order valence-electron chi connectivity index (χ1n) is 6.37. The summed E-state index contributed by atoms with van der Waals surface area (Å²) in [6.45, 7) is 0.210. The van der Waals surface area contributed by atoms with E-state index < -0.39 is 0 Å². The molecule has 1 N–H and O–H groups in total. The predicted molar refractivity (Wildman–Crippen MR) is 86.9 cm³/mol. The number of imidazole rings is 1. The van der Waals surface area contributed by atoms with Gasteiger partial charge in [0.1, 0.15) is 5.75 Å². The summed E-state index contributed by atoms with van der Waals surface area (Å²) in [5.74, 6) is 0.124. The molecule has 0 aliphatic carbocycles. The van der Waals surface area contributed by atoms with E-state index >= 15 is 0 Å². The number of aromatic nitrogens is 2. The summed E-state index contributed by atoms with van der Waals surface area (Å²) in [6, 6.07) is 4.84. The van der Waals surface area contributed by atoms with Gasteiger partial charge < -0.3 is 10.1 Å². The lowest BCUT2D eigenvalue weighted by molar-refractivity contribution is -0.123. The van der Waals surface area contributed by atoms with Crippen LogP contribution in [-0.2, 0) is 11.3 Å². The van der Waals surface area contributed by atoms with Crippen molar-refractivity contribution in [1.82, 2.24) is 14.7 Å². The van der Waals surface area contributed by atoms with Gasteiger partial charge >= 0.3 is 0 Å². The molecule has 0 unspecified atom stereocenters. The van der Waals surface area contributed by atoms with Crippen LogP contribution in [0.5, 0.6) is 5.75 Å². The number of ether oxygens (including phenoxy) is 1. The van der Waals surface area contributed by atoms with Gasteiger partial charge in [0, 0.05) is 28.9 Å². The van der Waals surface area contributed by atoms with Gasteiger partial charge in [-0.1, -0.05) is 23.2 Å². The zero-order valence-corrected chi connectivity index (χ0v) is 13.6. The molecule has 2 aromatic heterocycles. The lowest BCUT2D eigenvalue weighted by Gasteiger charge is -2.08. The molecule has 0 saturated heterocycles. The summed E-state index contributed by atoms with van der Waals surface area (Å²) >= 11 is 13.4. The second-order valence-corrected chi connectivity index (χ2v) is 6.18. The van der Waals surface area contributed by atoms with E-state index in [1.807, 2.05) is 22.2 Å². The van der Waals surface area contributed by atoms with Crippen molar-refractivity contribution >= 4 is 45.4 Å². The second kappa shape index (κ2) is 6.56. The monoisotopic (exact) mass is 355 g/mol. The number of nitrogens with one attached hydrogen (secondary N) is 1. The minimum absolute atomic E-state index is 0.137. The molecule has 0 aliphatic rings. The van der Waals surface area contributed by atoms with Crippen LogP contribution >= 0.6 is 34.5 Å². The van der Waals surface area contributed by atoms with E-state index in [1.165, 1.54) is 0 Å². The average molecular weight is 356 g/mol. The molecule has 3 aromatic rings. The molecule has 0 spiro atoms. The van der Waals surface area contributed by atoms with Crippen LogP contribution in [0.25, 0.3) is 4.96 Å². The van der Waals surface area contributed by atoms with Crippen molar-refractivity contribution in [3.8, 4) is 5.75 Å². The largest absolute Gasteiger partial charge is 0.482 e. The predicted octanol–water partition coefficient (Wildman–Crippen LogP) is 3.40. The number of rotatable bonds is 5. The normalized spacial score (nSPS) is 10.8. The Labute approximate surface area is 140 Å². The fourth-order valence-corrected chi connectivity index (χ4v) is 2.89. The molecule has 0 aliphatic heterocycles. The van der Waals surface area contributed by atoms with E-state index in [2.05, 4.69) is 10.3 Å². The van der Waals surface area contributed by atoms with Crippen LogP contribution in [0.3, 0.4) is 0 Å². The summed E-state index contributed by atoms with van der Waals surface area (Å²) < 4.78 is 7.27. The van der Waals surface area contributed by atoms with Crippen molar-refractivity contribution in [1.29, 1.82) is 0 Å². The number of thiazole rings is 1. The van der Waals surface area contributed by atoms with Crippen molar-refractivity contribution in [2.24, 2.45) is 0 Å². The van der Waals surface area contributed by atoms with Crippen LogP contribution in [0.4, 0.5) is 0 Å². The van der Waals surface area contributed by atoms with E-state index in [-0.39, 0.29) is 12.5 Å². The van der Waals surface area contributed by atoms with Gasteiger partial charge in [-0.2, -0.15) is 0 Å². The van der Waals surface area contributed by atoms with E-state index in [9.17, 15) is 4.79 Å². The minimum atomic E-state index is -0.257. The van der Waals surface area contributed by atoms with Crippen LogP contribution in [0.1, 0.15) is 5.69 Å². The van der Waals surface area contributed by atoms with E-state index in [0.29, 0.717) is 22.3 Å². The highest BCUT2D eigenvalue weighted by atomic mass is 35.5. The minimum Gasteiger partial charge on any atom is -0.482 e. The van der Waals surface area contributed by atoms with Gasteiger partial charge in [0.25, 0.3) is 5.91 Å². The highest BCUT2D eigenvalue weighted by molar-refractivity contribution is 7.15. The molecule has 0 atom stereocenters. The number of hydrogen-bond acceptors (Lipinski definition) is 4. The van der Waals surface area contributed by atoms with Crippen molar-refractivity contribution in [2.75, 3.05) is 6.61 Å². The molecule has 0 fully saturated rings. The Bertz CT molecular complexity index is 787. The number of carbonyl (C=O) groups is 1. The first kappa shape index (κ1) is 15.1. The SMILES string of the molecule is O=C(COc1cc(Cl)ccc1Cl)NCc1cn2ccsc2n1. The number of fused-ring (bicyclic) bond motifs is 1. The topological polar surface area (TPSA) is 55.6 Å². The van der Waals surface area contributed by atoms with Crippen LogP contribution in [0.15, 0.2) is 36.0 Å². The molecular weight excluding hydrogens is 345 g/mol. The van der Waals surface area contributed by atoms with Gasteiger partial charge in [0.05, 0.1) is 17.3 Å². The fourth-order valence-electron chi connectivity index (χ4n) is 1.83. The third-order valence-electron chi connectivity index (χ3n) is 2.86. The smallest absolute Gasteiger partial charge is 0.258 e. The Morgan fingerprint density at radius 2 is 2.27 bits per heavy atom. The molecule has 5 nitrogen and oxygen atoms in total. The first-order valence-corrected chi connectivity index (χ1v) is 8.01. The molecule has 0 radical (unpaired) electrons. The number of carbonyl (C=O) groups excluding carboxylic acids is 1. The van der Waals surface area contributed by atoms with Gasteiger partial charge in [-0.25, -0.2) is 4.98 Å². The first-order chi connectivity index (χ1) is 10.6. The lowest BCUT2D eigenvalue weighted by atomic mass is 10.3. The van der Waals surface area contributed by atoms with E-state index in [0.717, 1.165) is 10.7 Å². The van der Waals surface area contributed by atoms with E-state index in [4.69, 9.17) is 27.9 Å². The third-order valence-corrected chi connectivity index (χ3v) is 4.18. The molecule has 114 valence electrons. The molecule has 0 saturated carbocycles. The lowest BCUT2D eigenvalue weighted by Crippen LogP contribution is -2.28. The maximum Gasteiger partial charge on any atom is 0.258 e. The summed E-state index contributed by atoms with van der Waals surface area (Å²) in [5.41, 5.74) is 0.793. The summed E-state index contributed by atoms with van der Waals surface area (Å²) in [7, 11) is 0. The van der Waals surface area contributed by atoms with Crippen molar-refractivity contribution < 1.29 is 9.53 Å². The van der Waals surface area contributed by atoms with E-state index in [1.54, 1.807) is 29.5 Å². The van der Waals surface area contributed by atoms with Crippen LogP contribution < -0.4 is 10.1 Å². The van der Waals surface area contributed by atoms with Crippen molar-refractivity contribution in [3.05, 3.63) is 51.7 Å². The number of hydrogen-bond donors (Lipinski definition) is 1. The molecule has 22 heavy (non-hydrogen) atoms. The maximum atomic E-state index is 11.8. The van der Waals surface area contributed by atoms with Gasteiger partial charge in [-0.3, -0.25) is 9.20 Å². The van der Waals surface area contributed by atoms with Crippen LogP contribution in [0.2, 0.25) is 10.0 Å². The standard InChI is InChI=1S/C14H11Cl2N3O2S/c15-9-1-2-11(16)12(5-9)21-8-13(20)17-6-10-7-19-3-4-22-14(19)18-10/h1-5,7H,6,8H2,(H,17,20). The summed E-state index contributed by atoms with van der Waals surface area (Å²) in [4.78, 5) is 17.1. The molecule has 1 amide bonds. The van der Waals surface area contributed by atoms with Crippen molar-refractivity contribution in [3.63, 3.8) is 0 Å². The quantitative estimate of drug-likeness (QED) is 0.762. The number of amides is 1. The summed E-state index contributed by atoms with van der Waals surface area (Å²) in [5, 5.41) is 5.60. The molecule has 3 rings (SSSR count). The molecule has 0 bridgehead atoms. The molecule has 2 heterocycles. The van der Waals surface area contributed by atoms with Gasteiger partial charge in [0.2, 0.25) is 0 Å². The maximum absolute atomic E-state index is 11.8. The number of nitrogens with zero attached hydrogens (tertiary/aromatic N) is 2. The molecule has 8 heteroatoms. The molecule has 1 aromatic carbocycles. The number of halogens is 2. The zero-order valence-electron chi connectivity index (χ0n) is 11.3. The van der Waals surface area contributed by atoms with Gasteiger partial charge in [0.15, 0.2) is 11.6 Å². The van der Waals surface area contributed by atoms with Gasteiger partial charge in [-0.05, 0) is 12.1 Å². The Hall–Kier alpha value is -1.76. The Morgan fingerprint density at radius 3 is 3.09 bits per heavy atom. The highest BCUT2D eigenvalue weighted by Gasteiger charge is 2.08. The second-order valence-electron chi connectivity index (χ2n) is 4.47. The zero-order chi connectivity index (χ0) is 15.5. The number of benzene rings is 1. The molecular formula is C14H11Cl2N3O2S. The Kier molecular flexibility index (Phi) is 4.52.